The number of hydrogen-bond acceptors (Lipinski definition) is 4. The molecule has 3 saturated heterocycles. The van der Waals surface area contributed by atoms with Gasteiger partial charge in [-0.1, -0.05) is 34.1 Å². The largest absolute Gasteiger partial charge is 0.347 e. The molecule has 1 aliphatic carbocycles. The minimum absolute atomic E-state index is 0.00726. The van der Waals surface area contributed by atoms with Crippen molar-refractivity contribution in [2.75, 3.05) is 25.0 Å². The van der Waals surface area contributed by atoms with Crippen molar-refractivity contribution >= 4 is 55.0 Å². The van der Waals surface area contributed by atoms with Crippen LogP contribution in [0.2, 0.25) is 0 Å². The Bertz CT molecular complexity index is 1120. The topological polar surface area (TPSA) is 73.5 Å². The maximum absolute atomic E-state index is 12.9. The van der Waals surface area contributed by atoms with Gasteiger partial charge in [0.2, 0.25) is 0 Å². The first-order chi connectivity index (χ1) is 15.4. The van der Waals surface area contributed by atoms with E-state index in [4.69, 9.17) is 0 Å². The second kappa shape index (κ2) is 8.65. The van der Waals surface area contributed by atoms with Crippen LogP contribution in [0.25, 0.3) is 10.1 Å². The molecule has 2 bridgehead atoms. The molecule has 0 spiro atoms. The summed E-state index contributed by atoms with van der Waals surface area (Å²) in [5.74, 6) is 0.609. The number of nitrogens with one attached hydrogen (secondary N) is 3. The Labute approximate surface area is 200 Å². The number of carbonyl (C=O) groups is 2. The molecule has 6 nitrogen and oxygen atoms in total. The highest BCUT2D eigenvalue weighted by Crippen LogP contribution is 2.31. The van der Waals surface area contributed by atoms with E-state index in [9.17, 15) is 9.59 Å². The van der Waals surface area contributed by atoms with Crippen LogP contribution in [0.5, 0.6) is 0 Å². The molecule has 6 rings (SSSR count). The van der Waals surface area contributed by atoms with Crippen molar-refractivity contribution in [1.29, 1.82) is 0 Å². The minimum Gasteiger partial charge on any atom is -0.347 e. The van der Waals surface area contributed by atoms with Crippen LogP contribution in [0.15, 0.2) is 47.0 Å². The summed E-state index contributed by atoms with van der Waals surface area (Å²) in [4.78, 5) is 28.6. The van der Waals surface area contributed by atoms with Crippen LogP contribution >= 0.6 is 27.3 Å². The van der Waals surface area contributed by atoms with E-state index in [0.717, 1.165) is 45.5 Å². The molecule has 3 amide bonds. The van der Waals surface area contributed by atoms with Crippen molar-refractivity contribution in [3.05, 3.63) is 51.9 Å². The molecule has 4 heterocycles. The zero-order valence-corrected chi connectivity index (χ0v) is 20.4. The van der Waals surface area contributed by atoms with E-state index in [1.165, 1.54) is 24.2 Å². The number of anilines is 1. The molecule has 32 heavy (non-hydrogen) atoms. The standard InChI is InChI=1S/C24H27BrN4O2S/c1-24(8-2-3-17(25)13-24)28-23(31)26-18-5-4-16-11-21(32-20(16)12-18)22(30)27-19-14-29-9-6-15(19)7-10-29/h2-5,11-13,15,19H,6-10,14H2,1H3,(H,27,30)(H2,26,28,31)/t19-,24?/m0/s1. The lowest BCUT2D eigenvalue weighted by atomic mass is 9.84. The van der Waals surface area contributed by atoms with E-state index < -0.39 is 5.54 Å². The molecular weight excluding hydrogens is 488 g/mol. The molecule has 3 fully saturated rings. The molecule has 168 valence electrons. The quantitative estimate of drug-likeness (QED) is 0.546. The normalized spacial score (nSPS) is 28.9. The number of rotatable bonds is 4. The third kappa shape index (κ3) is 4.63. The number of benzene rings is 1. The van der Waals surface area contributed by atoms with Crippen LogP contribution in [-0.4, -0.2) is 48.1 Å². The van der Waals surface area contributed by atoms with E-state index in [1.807, 2.05) is 49.4 Å². The van der Waals surface area contributed by atoms with E-state index >= 15 is 0 Å². The zero-order chi connectivity index (χ0) is 22.3. The van der Waals surface area contributed by atoms with Crippen molar-refractivity contribution in [2.24, 2.45) is 5.92 Å². The molecule has 0 radical (unpaired) electrons. The van der Waals surface area contributed by atoms with Gasteiger partial charge in [0.1, 0.15) is 0 Å². The molecule has 4 aliphatic rings. The summed E-state index contributed by atoms with van der Waals surface area (Å²) < 4.78 is 1.94. The summed E-state index contributed by atoms with van der Waals surface area (Å²) in [6.07, 6.45) is 9.10. The number of amides is 3. The number of halogens is 1. The van der Waals surface area contributed by atoms with Gasteiger partial charge in [-0.05, 0) is 74.9 Å². The Morgan fingerprint density at radius 3 is 2.75 bits per heavy atom. The zero-order valence-electron chi connectivity index (χ0n) is 18.0. The summed E-state index contributed by atoms with van der Waals surface area (Å²) >= 11 is 4.94. The maximum Gasteiger partial charge on any atom is 0.319 e. The molecule has 1 aromatic carbocycles. The first-order valence-corrected chi connectivity index (χ1v) is 12.7. The molecule has 2 atom stereocenters. The summed E-state index contributed by atoms with van der Waals surface area (Å²) in [5.41, 5.74) is 0.268. The first kappa shape index (κ1) is 21.7. The smallest absolute Gasteiger partial charge is 0.319 e. The lowest BCUT2D eigenvalue weighted by Gasteiger charge is -2.44. The predicted molar refractivity (Wildman–Crippen MR) is 134 cm³/mol. The summed E-state index contributed by atoms with van der Waals surface area (Å²) in [6, 6.07) is 7.70. The Morgan fingerprint density at radius 1 is 1.22 bits per heavy atom. The van der Waals surface area contributed by atoms with E-state index in [0.29, 0.717) is 11.6 Å². The highest BCUT2D eigenvalue weighted by atomic mass is 79.9. The van der Waals surface area contributed by atoms with Crippen molar-refractivity contribution in [3.8, 4) is 0 Å². The highest BCUT2D eigenvalue weighted by Gasteiger charge is 2.35. The van der Waals surface area contributed by atoms with Gasteiger partial charge in [-0.25, -0.2) is 4.79 Å². The van der Waals surface area contributed by atoms with E-state index in [-0.39, 0.29) is 18.0 Å². The number of thiophene rings is 1. The Hall–Kier alpha value is -2.16. The van der Waals surface area contributed by atoms with Gasteiger partial charge < -0.3 is 20.9 Å². The molecule has 8 heteroatoms. The SMILES string of the molecule is CC1(NC(=O)Nc2ccc3cc(C(=O)N[C@H]4CN5CCC4CC5)sc3c2)C=C(Br)C=CC1. The van der Waals surface area contributed by atoms with Crippen molar-refractivity contribution in [1.82, 2.24) is 15.5 Å². The highest BCUT2D eigenvalue weighted by molar-refractivity contribution is 9.11. The van der Waals surface area contributed by atoms with Gasteiger partial charge >= 0.3 is 6.03 Å². The number of carbonyl (C=O) groups excluding carboxylic acids is 2. The van der Waals surface area contributed by atoms with Crippen molar-refractivity contribution < 1.29 is 9.59 Å². The summed E-state index contributed by atoms with van der Waals surface area (Å²) in [5, 5.41) is 10.2. The minimum atomic E-state index is -0.439. The van der Waals surface area contributed by atoms with E-state index in [1.54, 1.807) is 0 Å². The van der Waals surface area contributed by atoms with E-state index in [2.05, 4.69) is 36.8 Å². The van der Waals surface area contributed by atoms with Crippen LogP contribution in [-0.2, 0) is 0 Å². The fourth-order valence-electron chi connectivity index (χ4n) is 4.93. The molecule has 1 unspecified atom stereocenters. The number of urea groups is 1. The second-order valence-corrected chi connectivity index (χ2v) is 11.2. The van der Waals surface area contributed by atoms with Gasteiger partial charge in [0.25, 0.3) is 5.91 Å². The Morgan fingerprint density at radius 2 is 2.03 bits per heavy atom. The number of hydrogen-bond donors (Lipinski definition) is 3. The monoisotopic (exact) mass is 514 g/mol. The average molecular weight is 515 g/mol. The molecule has 2 aromatic rings. The van der Waals surface area contributed by atoms with Gasteiger partial charge in [0.15, 0.2) is 0 Å². The second-order valence-electron chi connectivity index (χ2n) is 9.21. The molecule has 3 N–H and O–H groups in total. The lowest BCUT2D eigenvalue weighted by Crippen LogP contribution is -2.57. The van der Waals surface area contributed by atoms with Gasteiger partial charge in [-0.15, -0.1) is 11.3 Å². The third-order valence-electron chi connectivity index (χ3n) is 6.65. The predicted octanol–water partition coefficient (Wildman–Crippen LogP) is 4.84. The molecule has 3 aliphatic heterocycles. The molecule has 1 aromatic heterocycles. The van der Waals surface area contributed by atoms with Gasteiger partial charge in [-0.3, -0.25) is 4.79 Å². The number of allylic oxidation sites excluding steroid dienone is 2. The number of fused-ring (bicyclic) bond motifs is 4. The van der Waals surface area contributed by atoms with Crippen LogP contribution in [0.3, 0.4) is 0 Å². The third-order valence-corrected chi connectivity index (χ3v) is 8.24. The van der Waals surface area contributed by atoms with Gasteiger partial charge in [0, 0.05) is 27.5 Å². The molecule has 0 saturated carbocycles. The summed E-state index contributed by atoms with van der Waals surface area (Å²) in [7, 11) is 0. The number of nitrogens with zero attached hydrogens (tertiary/aromatic N) is 1. The Kier molecular flexibility index (Phi) is 5.86. The Balaban J connectivity index is 1.24. The molecular formula is C24H27BrN4O2S. The fraction of sp³-hybridized carbons (Fsp3) is 0.417. The summed E-state index contributed by atoms with van der Waals surface area (Å²) in [6.45, 7) is 5.27. The lowest BCUT2D eigenvalue weighted by molar-refractivity contribution is 0.0622. The van der Waals surface area contributed by atoms with Crippen LogP contribution in [0, 0.1) is 5.92 Å². The van der Waals surface area contributed by atoms with Crippen molar-refractivity contribution in [3.63, 3.8) is 0 Å². The van der Waals surface area contributed by atoms with Crippen LogP contribution in [0.1, 0.15) is 35.9 Å². The van der Waals surface area contributed by atoms with Gasteiger partial charge in [-0.2, -0.15) is 0 Å². The van der Waals surface area contributed by atoms with Crippen molar-refractivity contribution in [2.45, 2.75) is 37.8 Å². The van der Waals surface area contributed by atoms with Crippen LogP contribution < -0.4 is 16.0 Å². The fourth-order valence-corrected chi connectivity index (χ4v) is 6.62. The van der Waals surface area contributed by atoms with Crippen LogP contribution in [0.4, 0.5) is 10.5 Å². The maximum atomic E-state index is 12.9. The average Bonchev–Trinajstić information content (AvgIpc) is 3.17. The first-order valence-electron chi connectivity index (χ1n) is 11.1. The number of piperidine rings is 3. The van der Waals surface area contributed by atoms with Gasteiger partial charge in [0.05, 0.1) is 10.4 Å².